The van der Waals surface area contributed by atoms with E-state index in [9.17, 15) is 14.4 Å². The number of benzene rings is 2. The van der Waals surface area contributed by atoms with Gasteiger partial charge in [-0.05, 0) is 41.3 Å². The summed E-state index contributed by atoms with van der Waals surface area (Å²) in [4.78, 5) is 46.1. The third-order valence-electron chi connectivity index (χ3n) is 4.85. The number of imide groups is 1. The number of pyridine rings is 1. The van der Waals surface area contributed by atoms with E-state index in [1.54, 1.807) is 12.1 Å². The first-order valence-electron chi connectivity index (χ1n) is 9.68. The fraction of sp³-hybridized carbons (Fsp3) is 0.167. The molecule has 0 bridgehead atoms. The minimum Gasteiger partial charge on any atom is -0.439 e. The highest BCUT2D eigenvalue weighted by atomic mass is 16.7. The third-order valence-corrected chi connectivity index (χ3v) is 4.85. The molecule has 0 radical (unpaired) electrons. The van der Waals surface area contributed by atoms with E-state index in [1.807, 2.05) is 24.3 Å². The van der Waals surface area contributed by atoms with Crippen molar-refractivity contribution in [1.29, 1.82) is 0 Å². The van der Waals surface area contributed by atoms with Crippen LogP contribution in [0.5, 0.6) is 11.6 Å². The highest BCUT2D eigenvalue weighted by Crippen LogP contribution is 2.27. The average molecular weight is 416 g/mol. The fourth-order valence-corrected chi connectivity index (χ4v) is 3.09. The number of aromatic nitrogens is 1. The molecule has 0 spiro atoms. The number of hydrogen-bond donors (Lipinski definition) is 0. The number of carbonyl (C=O) groups excluding carboxylic acids is 3. The van der Waals surface area contributed by atoms with Gasteiger partial charge in [-0.2, -0.15) is 0 Å². The molecular formula is C24H20N2O5. The van der Waals surface area contributed by atoms with Crippen molar-refractivity contribution >= 4 is 17.8 Å². The number of ether oxygens (including phenoxy) is 1. The van der Waals surface area contributed by atoms with E-state index in [0.29, 0.717) is 16.7 Å². The van der Waals surface area contributed by atoms with Crippen LogP contribution in [0.1, 0.15) is 57.4 Å². The summed E-state index contributed by atoms with van der Waals surface area (Å²) >= 11 is 0. The van der Waals surface area contributed by atoms with Crippen molar-refractivity contribution in [2.24, 2.45) is 0 Å². The van der Waals surface area contributed by atoms with Crippen molar-refractivity contribution in [2.75, 3.05) is 0 Å². The van der Waals surface area contributed by atoms with Crippen LogP contribution < -0.4 is 4.74 Å². The van der Waals surface area contributed by atoms with Crippen LogP contribution in [0.25, 0.3) is 0 Å². The summed E-state index contributed by atoms with van der Waals surface area (Å²) in [5, 5.41) is 0.466. The maximum Gasteiger partial charge on any atom is 0.365 e. The lowest BCUT2D eigenvalue weighted by Crippen LogP contribution is -2.32. The molecule has 1 aliphatic rings. The third kappa shape index (κ3) is 4.02. The van der Waals surface area contributed by atoms with Crippen molar-refractivity contribution < 1.29 is 24.0 Å². The molecular weight excluding hydrogens is 396 g/mol. The Morgan fingerprint density at radius 1 is 0.871 bits per heavy atom. The second-order valence-electron chi connectivity index (χ2n) is 8.09. The lowest BCUT2D eigenvalue weighted by molar-refractivity contribution is -0.0584. The Labute approximate surface area is 179 Å². The Balaban J connectivity index is 1.42. The lowest BCUT2D eigenvalue weighted by Gasteiger charge is -2.19. The standard InChI is InChI=1S/C24H20N2O5/c1-24(2,3)16-9-11-17(12-10-16)30-20-13-8-15(14-25-20)23(29)31-26-21(27)18-6-4-5-7-19(18)22(26)28/h4-14H,1-3H3. The number of rotatable bonds is 4. The molecule has 2 amide bonds. The highest BCUT2D eigenvalue weighted by Gasteiger charge is 2.38. The van der Waals surface area contributed by atoms with Crippen LogP contribution in [-0.4, -0.2) is 27.8 Å². The number of fused-ring (bicyclic) bond motifs is 1. The van der Waals surface area contributed by atoms with Crippen LogP contribution in [0, 0.1) is 0 Å². The first-order chi connectivity index (χ1) is 14.7. The summed E-state index contributed by atoms with van der Waals surface area (Å²) in [5.41, 5.74) is 1.68. The lowest BCUT2D eigenvalue weighted by atomic mass is 9.87. The van der Waals surface area contributed by atoms with Gasteiger partial charge in [0.2, 0.25) is 5.88 Å². The molecule has 7 nitrogen and oxygen atoms in total. The van der Waals surface area contributed by atoms with Crippen LogP contribution in [0.15, 0.2) is 66.9 Å². The zero-order valence-corrected chi connectivity index (χ0v) is 17.3. The smallest absolute Gasteiger partial charge is 0.365 e. The Morgan fingerprint density at radius 2 is 1.48 bits per heavy atom. The van der Waals surface area contributed by atoms with E-state index in [1.165, 1.54) is 36.0 Å². The number of hydrogen-bond acceptors (Lipinski definition) is 6. The maximum atomic E-state index is 12.4. The van der Waals surface area contributed by atoms with Crippen LogP contribution in [0.4, 0.5) is 0 Å². The Kier molecular flexibility index (Phi) is 5.02. The van der Waals surface area contributed by atoms with Crippen molar-refractivity contribution in [3.63, 3.8) is 0 Å². The van der Waals surface area contributed by atoms with Gasteiger partial charge in [0.25, 0.3) is 11.8 Å². The Bertz CT molecular complexity index is 1130. The Morgan fingerprint density at radius 3 is 2.00 bits per heavy atom. The first-order valence-corrected chi connectivity index (χ1v) is 9.68. The van der Waals surface area contributed by atoms with Crippen LogP contribution in [0.3, 0.4) is 0 Å². The second-order valence-corrected chi connectivity index (χ2v) is 8.09. The first kappa shape index (κ1) is 20.3. The van der Waals surface area contributed by atoms with Gasteiger partial charge in [-0.25, -0.2) is 9.78 Å². The molecule has 0 saturated heterocycles. The van der Waals surface area contributed by atoms with Gasteiger partial charge in [0.1, 0.15) is 5.75 Å². The summed E-state index contributed by atoms with van der Waals surface area (Å²) in [6.45, 7) is 6.39. The molecule has 0 saturated carbocycles. The monoisotopic (exact) mass is 416 g/mol. The zero-order chi connectivity index (χ0) is 22.2. The number of carbonyl (C=O) groups is 3. The fourth-order valence-electron chi connectivity index (χ4n) is 3.09. The normalized spacial score (nSPS) is 13.2. The minimum atomic E-state index is -0.872. The summed E-state index contributed by atoms with van der Waals surface area (Å²) in [6.07, 6.45) is 1.26. The molecule has 0 unspecified atom stereocenters. The van der Waals surface area contributed by atoms with Gasteiger partial charge >= 0.3 is 5.97 Å². The van der Waals surface area contributed by atoms with Gasteiger partial charge in [-0.15, -0.1) is 0 Å². The number of hydroxylamine groups is 2. The number of amides is 2. The van der Waals surface area contributed by atoms with Gasteiger partial charge in [0.05, 0.1) is 16.7 Å². The summed E-state index contributed by atoms with van der Waals surface area (Å²) in [6, 6.07) is 16.9. The molecule has 3 aromatic rings. The molecule has 4 rings (SSSR count). The average Bonchev–Trinajstić information content (AvgIpc) is 2.99. The molecule has 0 atom stereocenters. The summed E-state index contributed by atoms with van der Waals surface area (Å²) in [7, 11) is 0. The quantitative estimate of drug-likeness (QED) is 0.581. The molecule has 31 heavy (non-hydrogen) atoms. The van der Waals surface area contributed by atoms with E-state index in [2.05, 4.69) is 25.8 Å². The van der Waals surface area contributed by atoms with Crippen LogP contribution in [-0.2, 0) is 10.3 Å². The second kappa shape index (κ2) is 7.68. The van der Waals surface area contributed by atoms with E-state index in [-0.39, 0.29) is 22.1 Å². The van der Waals surface area contributed by atoms with E-state index in [4.69, 9.17) is 9.57 Å². The minimum absolute atomic E-state index is 0.0399. The van der Waals surface area contributed by atoms with Gasteiger partial charge in [-0.1, -0.05) is 50.1 Å². The van der Waals surface area contributed by atoms with Crippen molar-refractivity contribution in [3.05, 3.63) is 89.1 Å². The number of nitrogens with zero attached hydrogens (tertiary/aromatic N) is 2. The molecule has 1 aromatic heterocycles. The zero-order valence-electron chi connectivity index (χ0n) is 17.3. The van der Waals surface area contributed by atoms with Crippen molar-refractivity contribution in [3.8, 4) is 11.6 Å². The molecule has 156 valence electrons. The predicted molar refractivity (Wildman–Crippen MR) is 112 cm³/mol. The van der Waals surface area contributed by atoms with E-state index >= 15 is 0 Å². The van der Waals surface area contributed by atoms with Gasteiger partial charge in [0, 0.05) is 12.3 Å². The molecule has 0 N–H and O–H groups in total. The molecule has 2 heterocycles. The van der Waals surface area contributed by atoms with Crippen LogP contribution >= 0.6 is 0 Å². The van der Waals surface area contributed by atoms with Gasteiger partial charge < -0.3 is 9.57 Å². The van der Waals surface area contributed by atoms with Crippen molar-refractivity contribution in [2.45, 2.75) is 26.2 Å². The van der Waals surface area contributed by atoms with Crippen LogP contribution in [0.2, 0.25) is 0 Å². The summed E-state index contributed by atoms with van der Waals surface area (Å²) in [5.74, 6) is -1.33. The SMILES string of the molecule is CC(C)(C)c1ccc(Oc2ccc(C(=O)ON3C(=O)c4ccccc4C3=O)cn2)cc1. The van der Waals surface area contributed by atoms with Gasteiger partial charge in [-0.3, -0.25) is 9.59 Å². The van der Waals surface area contributed by atoms with E-state index < -0.39 is 17.8 Å². The van der Waals surface area contributed by atoms with Gasteiger partial charge in [0.15, 0.2) is 0 Å². The van der Waals surface area contributed by atoms with E-state index in [0.717, 1.165) is 0 Å². The molecule has 1 aliphatic heterocycles. The molecule has 2 aromatic carbocycles. The maximum absolute atomic E-state index is 12.4. The highest BCUT2D eigenvalue weighted by molar-refractivity contribution is 6.21. The van der Waals surface area contributed by atoms with Crippen molar-refractivity contribution in [1.82, 2.24) is 10.0 Å². The molecule has 0 aliphatic carbocycles. The molecule has 7 heteroatoms. The Hall–Kier alpha value is -4.00. The summed E-state index contributed by atoms with van der Waals surface area (Å²) < 4.78 is 5.71. The predicted octanol–water partition coefficient (Wildman–Crippen LogP) is 4.54. The molecule has 0 fully saturated rings. The topological polar surface area (TPSA) is 85.8 Å². The largest absolute Gasteiger partial charge is 0.439 e.